The zero-order valence-electron chi connectivity index (χ0n) is 15.8. The van der Waals surface area contributed by atoms with Gasteiger partial charge in [-0.25, -0.2) is 14.2 Å². The van der Waals surface area contributed by atoms with Crippen LogP contribution in [-0.2, 0) is 5.60 Å². The molecule has 0 bridgehead atoms. The van der Waals surface area contributed by atoms with E-state index in [1.165, 1.54) is 12.1 Å². The van der Waals surface area contributed by atoms with Gasteiger partial charge in [-0.2, -0.15) is 0 Å². The van der Waals surface area contributed by atoms with E-state index in [0.717, 1.165) is 11.0 Å². The van der Waals surface area contributed by atoms with E-state index in [1.54, 1.807) is 17.0 Å². The third kappa shape index (κ3) is 3.33. The van der Waals surface area contributed by atoms with E-state index in [0.29, 0.717) is 11.4 Å². The Morgan fingerprint density at radius 2 is 1.89 bits per heavy atom. The van der Waals surface area contributed by atoms with Crippen molar-refractivity contribution in [2.24, 2.45) is 5.92 Å². The van der Waals surface area contributed by atoms with Crippen LogP contribution in [0.25, 0.3) is 11.0 Å². The first-order valence-corrected chi connectivity index (χ1v) is 9.34. The largest absolute Gasteiger partial charge is 0.381 e. The van der Waals surface area contributed by atoms with Crippen molar-refractivity contribution >= 4 is 17.1 Å². The minimum atomic E-state index is -1.14. The molecule has 3 aromatic rings. The zero-order chi connectivity index (χ0) is 19.9. The molecule has 1 atom stereocenters. The molecule has 28 heavy (non-hydrogen) atoms. The Morgan fingerprint density at radius 1 is 1.21 bits per heavy atom. The molecule has 4 rings (SSSR count). The van der Waals surface area contributed by atoms with E-state index < -0.39 is 5.60 Å². The zero-order valence-corrected chi connectivity index (χ0v) is 15.8. The minimum absolute atomic E-state index is 0.127. The number of nitrogens with one attached hydrogen (secondary N) is 2. The first-order chi connectivity index (χ1) is 13.4. The summed E-state index contributed by atoms with van der Waals surface area (Å²) in [7, 11) is 0. The summed E-state index contributed by atoms with van der Waals surface area (Å²) in [5.74, 6) is 0.479. The summed E-state index contributed by atoms with van der Waals surface area (Å²) in [5.41, 5.74) is 1.24. The van der Waals surface area contributed by atoms with Gasteiger partial charge in [-0.3, -0.25) is 0 Å². The standard InChI is InChI=1S/C21H23FN4O2/c1-13(2)18(19-23-16-5-3-4-6-17(16)24-19)25-20(27)26-11-21(28,12-26)14-7-9-15(22)10-8-14/h3-10,13,18,28H,11-12H2,1-2H3,(H,23,24)(H,25,27). The van der Waals surface area contributed by atoms with Gasteiger partial charge in [0, 0.05) is 0 Å². The molecule has 0 aliphatic carbocycles. The number of aromatic amines is 1. The van der Waals surface area contributed by atoms with E-state index in [1.807, 2.05) is 38.1 Å². The number of hydrogen-bond donors (Lipinski definition) is 3. The van der Waals surface area contributed by atoms with Crippen LogP contribution in [0.5, 0.6) is 0 Å². The number of halogens is 1. The number of carbonyl (C=O) groups excluding carboxylic acids is 1. The molecule has 2 aromatic carbocycles. The van der Waals surface area contributed by atoms with Crippen molar-refractivity contribution in [3.8, 4) is 0 Å². The van der Waals surface area contributed by atoms with Crippen LogP contribution >= 0.6 is 0 Å². The Morgan fingerprint density at radius 3 is 2.54 bits per heavy atom. The predicted molar refractivity (Wildman–Crippen MR) is 104 cm³/mol. The minimum Gasteiger partial charge on any atom is -0.381 e. The fourth-order valence-electron chi connectivity index (χ4n) is 3.57. The number of para-hydroxylation sites is 2. The number of aromatic nitrogens is 2. The Bertz CT molecular complexity index is 960. The monoisotopic (exact) mass is 382 g/mol. The van der Waals surface area contributed by atoms with Gasteiger partial charge in [0.2, 0.25) is 0 Å². The number of benzene rings is 2. The molecule has 3 N–H and O–H groups in total. The van der Waals surface area contributed by atoms with E-state index in [2.05, 4.69) is 15.3 Å². The molecule has 0 saturated carbocycles. The number of H-pyrrole nitrogens is 1. The van der Waals surface area contributed by atoms with E-state index in [-0.39, 0.29) is 36.9 Å². The molecule has 2 heterocycles. The molecule has 1 aromatic heterocycles. The van der Waals surface area contributed by atoms with Gasteiger partial charge in [0.25, 0.3) is 0 Å². The number of nitrogens with zero attached hydrogens (tertiary/aromatic N) is 2. The number of amides is 2. The lowest BCUT2D eigenvalue weighted by Gasteiger charge is -2.47. The van der Waals surface area contributed by atoms with Crippen molar-refractivity contribution in [3.05, 3.63) is 65.7 Å². The molecular weight excluding hydrogens is 359 g/mol. The molecule has 0 radical (unpaired) electrons. The number of aliphatic hydroxyl groups is 1. The second kappa shape index (κ2) is 6.91. The van der Waals surface area contributed by atoms with Crippen LogP contribution in [0, 0.1) is 11.7 Å². The summed E-state index contributed by atoms with van der Waals surface area (Å²) < 4.78 is 13.1. The molecule has 1 aliphatic heterocycles. The van der Waals surface area contributed by atoms with Crippen molar-refractivity contribution < 1.29 is 14.3 Å². The fraction of sp³-hybridized carbons (Fsp3) is 0.333. The molecule has 7 heteroatoms. The van der Waals surface area contributed by atoms with Crippen molar-refractivity contribution in [1.29, 1.82) is 0 Å². The van der Waals surface area contributed by atoms with Gasteiger partial charge in [-0.1, -0.05) is 38.1 Å². The van der Waals surface area contributed by atoms with Crippen LogP contribution in [0.3, 0.4) is 0 Å². The first-order valence-electron chi connectivity index (χ1n) is 9.34. The van der Waals surface area contributed by atoms with Crippen LogP contribution in [0.15, 0.2) is 48.5 Å². The summed E-state index contributed by atoms with van der Waals surface area (Å²) in [5, 5.41) is 13.7. The van der Waals surface area contributed by atoms with Crippen LogP contribution in [0.1, 0.15) is 31.3 Å². The highest BCUT2D eigenvalue weighted by molar-refractivity contribution is 5.77. The maximum Gasteiger partial charge on any atom is 0.318 e. The number of rotatable bonds is 4. The summed E-state index contributed by atoms with van der Waals surface area (Å²) in [4.78, 5) is 22.1. The van der Waals surface area contributed by atoms with Crippen LogP contribution in [0.2, 0.25) is 0 Å². The molecule has 0 spiro atoms. The van der Waals surface area contributed by atoms with Crippen LogP contribution < -0.4 is 5.32 Å². The average Bonchev–Trinajstić information content (AvgIpc) is 3.07. The number of urea groups is 1. The predicted octanol–water partition coefficient (Wildman–Crippen LogP) is 3.31. The van der Waals surface area contributed by atoms with Crippen LogP contribution in [0.4, 0.5) is 9.18 Å². The number of carbonyl (C=O) groups is 1. The fourth-order valence-corrected chi connectivity index (χ4v) is 3.57. The number of fused-ring (bicyclic) bond motifs is 1. The normalized spacial score (nSPS) is 16.8. The van der Waals surface area contributed by atoms with Gasteiger partial charge in [0.15, 0.2) is 0 Å². The molecule has 1 fully saturated rings. The molecular formula is C21H23FN4O2. The van der Waals surface area contributed by atoms with Crippen molar-refractivity contribution in [2.75, 3.05) is 13.1 Å². The van der Waals surface area contributed by atoms with Gasteiger partial charge >= 0.3 is 6.03 Å². The van der Waals surface area contributed by atoms with Crippen molar-refractivity contribution in [2.45, 2.75) is 25.5 Å². The molecule has 1 unspecified atom stereocenters. The maximum absolute atomic E-state index is 13.1. The third-order valence-electron chi connectivity index (χ3n) is 5.22. The molecule has 1 aliphatic rings. The summed E-state index contributed by atoms with van der Waals surface area (Å²) >= 11 is 0. The SMILES string of the molecule is CC(C)C(NC(=O)N1CC(O)(c2ccc(F)cc2)C1)c1nc2ccccc2[nH]1. The van der Waals surface area contributed by atoms with Crippen molar-refractivity contribution in [1.82, 2.24) is 20.2 Å². The summed E-state index contributed by atoms with van der Waals surface area (Å²) in [6.07, 6.45) is 0. The van der Waals surface area contributed by atoms with Gasteiger partial charge in [-0.05, 0) is 35.7 Å². The maximum atomic E-state index is 13.1. The molecule has 2 amide bonds. The van der Waals surface area contributed by atoms with E-state index >= 15 is 0 Å². The highest BCUT2D eigenvalue weighted by atomic mass is 19.1. The van der Waals surface area contributed by atoms with Gasteiger partial charge in [-0.15, -0.1) is 0 Å². The number of imidazole rings is 1. The lowest BCUT2D eigenvalue weighted by molar-refractivity contribution is -0.0821. The molecule has 6 nitrogen and oxygen atoms in total. The Balaban J connectivity index is 1.45. The van der Waals surface area contributed by atoms with Gasteiger partial charge in [0.1, 0.15) is 17.2 Å². The Hall–Kier alpha value is -2.93. The highest BCUT2D eigenvalue weighted by Gasteiger charge is 2.45. The lowest BCUT2D eigenvalue weighted by Crippen LogP contribution is -2.63. The average molecular weight is 382 g/mol. The van der Waals surface area contributed by atoms with Crippen molar-refractivity contribution in [3.63, 3.8) is 0 Å². The first kappa shape index (κ1) is 18.4. The quantitative estimate of drug-likeness (QED) is 0.648. The number of β-amino-alcohol motifs (C(OH)–C–C–N with tert-alkyl or cyclic N) is 1. The smallest absolute Gasteiger partial charge is 0.318 e. The third-order valence-corrected chi connectivity index (χ3v) is 5.22. The Labute approximate surface area is 162 Å². The lowest BCUT2D eigenvalue weighted by atomic mass is 9.86. The molecule has 146 valence electrons. The van der Waals surface area contributed by atoms with E-state index in [9.17, 15) is 14.3 Å². The Kier molecular flexibility index (Phi) is 4.55. The summed E-state index contributed by atoms with van der Waals surface area (Å²) in [6, 6.07) is 12.9. The van der Waals surface area contributed by atoms with Crippen LogP contribution in [-0.4, -0.2) is 39.1 Å². The van der Waals surface area contributed by atoms with Gasteiger partial charge < -0.3 is 20.3 Å². The number of likely N-dealkylation sites (tertiary alicyclic amines) is 1. The topological polar surface area (TPSA) is 81.2 Å². The van der Waals surface area contributed by atoms with Gasteiger partial charge in [0.05, 0.1) is 30.2 Å². The van der Waals surface area contributed by atoms with E-state index in [4.69, 9.17) is 0 Å². The second-order valence-electron chi connectivity index (χ2n) is 7.70. The highest BCUT2D eigenvalue weighted by Crippen LogP contribution is 2.32. The molecule has 1 saturated heterocycles. The number of hydrogen-bond acceptors (Lipinski definition) is 3. The summed E-state index contributed by atoms with van der Waals surface area (Å²) in [6.45, 7) is 4.36. The second-order valence-corrected chi connectivity index (χ2v) is 7.70.